The third kappa shape index (κ3) is 15.0. The number of rotatable bonds is 9. The van der Waals surface area contributed by atoms with Crippen LogP contribution in [0.15, 0.2) is 0 Å². The lowest BCUT2D eigenvalue weighted by Gasteiger charge is -2.32. The summed E-state index contributed by atoms with van der Waals surface area (Å²) in [5, 5.41) is 0. The van der Waals surface area contributed by atoms with Gasteiger partial charge < -0.3 is 14.5 Å². The first kappa shape index (κ1) is 25.0. The minimum absolute atomic E-state index is 0.0463. The Kier molecular flexibility index (Phi) is 18.0. The molecule has 1 fully saturated rings. The molecule has 1 rings (SSSR count). The maximum atomic E-state index is 13.1. The molecule has 0 spiro atoms. The number of halogens is 2. The second-order valence-electron chi connectivity index (χ2n) is 5.60. The average molecular weight is 339 g/mol. The smallest absolute Gasteiger partial charge is 0.270 e. The molecule has 23 heavy (non-hydrogen) atoms. The van der Waals surface area contributed by atoms with Crippen LogP contribution in [0.2, 0.25) is 0 Å². The van der Waals surface area contributed by atoms with E-state index < -0.39 is 12.5 Å². The SMILES string of the molecule is CC.CC.COCC(F)(F)CCCCCCN1CCN(C)CC1. The van der Waals surface area contributed by atoms with Gasteiger partial charge >= 0.3 is 0 Å². The first-order valence-electron chi connectivity index (χ1n) is 9.31. The number of ether oxygens (including phenoxy) is 1. The molecule has 1 aliphatic rings. The second kappa shape index (κ2) is 16.6. The zero-order chi connectivity index (χ0) is 18.1. The largest absolute Gasteiger partial charge is 0.378 e. The number of hydrogen-bond acceptors (Lipinski definition) is 3. The summed E-state index contributed by atoms with van der Waals surface area (Å²) in [6.45, 7) is 13.2. The molecule has 0 atom stereocenters. The number of piperazine rings is 1. The van der Waals surface area contributed by atoms with E-state index in [9.17, 15) is 8.78 Å². The molecule has 1 heterocycles. The number of hydrogen-bond donors (Lipinski definition) is 0. The van der Waals surface area contributed by atoms with E-state index in [0.717, 1.165) is 52.0 Å². The van der Waals surface area contributed by atoms with Gasteiger partial charge in [0.1, 0.15) is 6.61 Å². The maximum Gasteiger partial charge on any atom is 0.270 e. The van der Waals surface area contributed by atoms with Gasteiger partial charge in [-0.2, -0.15) is 0 Å². The van der Waals surface area contributed by atoms with E-state index in [1.165, 1.54) is 7.11 Å². The Labute approximate surface area is 143 Å². The van der Waals surface area contributed by atoms with Gasteiger partial charge in [0.05, 0.1) is 0 Å². The van der Waals surface area contributed by atoms with E-state index in [2.05, 4.69) is 21.6 Å². The van der Waals surface area contributed by atoms with Crippen LogP contribution in [0.25, 0.3) is 0 Å². The molecule has 0 bridgehead atoms. The molecule has 0 N–H and O–H groups in total. The van der Waals surface area contributed by atoms with E-state index >= 15 is 0 Å². The van der Waals surface area contributed by atoms with Gasteiger partial charge in [0.15, 0.2) is 0 Å². The fraction of sp³-hybridized carbons (Fsp3) is 1.00. The molecule has 0 aromatic carbocycles. The Morgan fingerprint density at radius 3 is 1.91 bits per heavy atom. The molecule has 0 amide bonds. The highest BCUT2D eigenvalue weighted by atomic mass is 19.3. The van der Waals surface area contributed by atoms with Crippen molar-refractivity contribution >= 4 is 0 Å². The Bertz CT molecular complexity index is 233. The van der Waals surface area contributed by atoms with Crippen molar-refractivity contribution in [1.82, 2.24) is 9.80 Å². The van der Waals surface area contributed by atoms with E-state index in [0.29, 0.717) is 6.42 Å². The monoisotopic (exact) mass is 338 g/mol. The first-order valence-corrected chi connectivity index (χ1v) is 9.31. The molecule has 1 aliphatic heterocycles. The number of unbranched alkanes of at least 4 members (excludes halogenated alkanes) is 3. The van der Waals surface area contributed by atoms with Gasteiger partial charge in [-0.15, -0.1) is 0 Å². The molecule has 1 saturated heterocycles. The van der Waals surface area contributed by atoms with Gasteiger partial charge in [-0.3, -0.25) is 0 Å². The van der Waals surface area contributed by atoms with Crippen LogP contribution in [0.1, 0.15) is 59.8 Å². The van der Waals surface area contributed by atoms with Gasteiger partial charge in [-0.25, -0.2) is 8.78 Å². The average Bonchev–Trinajstić information content (AvgIpc) is 2.56. The minimum Gasteiger partial charge on any atom is -0.378 e. The topological polar surface area (TPSA) is 15.7 Å². The molecular weight excluding hydrogens is 298 g/mol. The first-order chi connectivity index (χ1) is 11.0. The van der Waals surface area contributed by atoms with E-state index in [-0.39, 0.29) is 6.42 Å². The van der Waals surface area contributed by atoms with Crippen molar-refractivity contribution in [1.29, 1.82) is 0 Å². The van der Waals surface area contributed by atoms with Crippen LogP contribution in [0.5, 0.6) is 0 Å². The lowest BCUT2D eigenvalue weighted by atomic mass is 10.1. The van der Waals surface area contributed by atoms with E-state index in [1.807, 2.05) is 27.7 Å². The van der Waals surface area contributed by atoms with Crippen molar-refractivity contribution in [2.24, 2.45) is 0 Å². The number of methoxy groups -OCH3 is 1. The van der Waals surface area contributed by atoms with Crippen LogP contribution < -0.4 is 0 Å². The summed E-state index contributed by atoms with van der Waals surface area (Å²) < 4.78 is 30.8. The van der Waals surface area contributed by atoms with Crippen LogP contribution in [0, 0.1) is 0 Å². The van der Waals surface area contributed by atoms with Crippen molar-refractivity contribution in [3.8, 4) is 0 Å². The van der Waals surface area contributed by atoms with Crippen molar-refractivity contribution in [2.75, 3.05) is 53.5 Å². The van der Waals surface area contributed by atoms with Crippen molar-refractivity contribution in [3.05, 3.63) is 0 Å². The lowest BCUT2D eigenvalue weighted by Crippen LogP contribution is -2.44. The van der Waals surface area contributed by atoms with Crippen molar-refractivity contribution in [2.45, 2.75) is 65.7 Å². The number of alkyl halides is 2. The summed E-state index contributed by atoms with van der Waals surface area (Å²) in [7, 11) is 3.47. The number of likely N-dealkylation sites (N-methyl/N-ethyl adjacent to an activating group) is 1. The highest BCUT2D eigenvalue weighted by molar-refractivity contribution is 4.69. The normalized spacial score (nSPS) is 16.2. The molecule has 5 heteroatoms. The summed E-state index contributed by atoms with van der Waals surface area (Å²) in [5.41, 5.74) is 0. The highest BCUT2D eigenvalue weighted by Crippen LogP contribution is 2.22. The Balaban J connectivity index is 0. The van der Waals surface area contributed by atoms with Gasteiger partial charge in [0.2, 0.25) is 0 Å². The third-order valence-electron chi connectivity index (χ3n) is 3.72. The minimum atomic E-state index is -2.65. The molecule has 0 aromatic heterocycles. The second-order valence-corrected chi connectivity index (χ2v) is 5.60. The molecule has 0 saturated carbocycles. The standard InChI is InChI=1S/C14H28F2N2O.2C2H6/c1-17-9-11-18(12-10-17)8-6-4-3-5-7-14(15,16)13-19-2;2*1-2/h3-13H2,1-2H3;2*1-2H3. The summed E-state index contributed by atoms with van der Waals surface area (Å²) in [6.07, 6.45) is 3.62. The van der Waals surface area contributed by atoms with Crippen LogP contribution >= 0.6 is 0 Å². The molecule has 0 radical (unpaired) electrons. The Morgan fingerprint density at radius 1 is 0.870 bits per heavy atom. The summed E-state index contributed by atoms with van der Waals surface area (Å²) in [5.74, 6) is -2.65. The van der Waals surface area contributed by atoms with Gasteiger partial charge in [0, 0.05) is 39.7 Å². The van der Waals surface area contributed by atoms with Gasteiger partial charge in [-0.05, 0) is 26.4 Å². The van der Waals surface area contributed by atoms with E-state index in [1.54, 1.807) is 0 Å². The van der Waals surface area contributed by atoms with E-state index in [4.69, 9.17) is 0 Å². The molecule has 0 aliphatic carbocycles. The number of nitrogens with zero attached hydrogens (tertiary/aromatic N) is 2. The van der Waals surface area contributed by atoms with Gasteiger partial charge in [0.25, 0.3) is 5.92 Å². The highest BCUT2D eigenvalue weighted by Gasteiger charge is 2.27. The zero-order valence-corrected chi connectivity index (χ0v) is 16.3. The van der Waals surface area contributed by atoms with Gasteiger partial charge in [-0.1, -0.05) is 40.5 Å². The predicted molar refractivity (Wildman–Crippen MR) is 96.5 cm³/mol. The van der Waals surface area contributed by atoms with Crippen LogP contribution in [0.3, 0.4) is 0 Å². The summed E-state index contributed by atoms with van der Waals surface area (Å²) in [4.78, 5) is 4.81. The predicted octanol–water partition coefficient (Wildman–Crippen LogP) is 4.52. The van der Waals surface area contributed by atoms with Crippen molar-refractivity contribution < 1.29 is 13.5 Å². The van der Waals surface area contributed by atoms with Crippen LogP contribution in [-0.4, -0.2) is 69.2 Å². The Hall–Kier alpha value is -0.260. The molecule has 0 aromatic rings. The molecule has 3 nitrogen and oxygen atoms in total. The summed E-state index contributed by atoms with van der Waals surface area (Å²) in [6, 6.07) is 0. The zero-order valence-electron chi connectivity index (χ0n) is 16.3. The third-order valence-corrected chi connectivity index (χ3v) is 3.72. The molecular formula is C18H40F2N2O. The van der Waals surface area contributed by atoms with Crippen LogP contribution in [0.4, 0.5) is 8.78 Å². The summed E-state index contributed by atoms with van der Waals surface area (Å²) >= 11 is 0. The maximum absolute atomic E-state index is 13.1. The van der Waals surface area contributed by atoms with Crippen molar-refractivity contribution in [3.63, 3.8) is 0 Å². The Morgan fingerprint density at radius 2 is 1.39 bits per heavy atom. The molecule has 0 unspecified atom stereocenters. The fourth-order valence-corrected chi connectivity index (χ4v) is 2.43. The van der Waals surface area contributed by atoms with Crippen LogP contribution in [-0.2, 0) is 4.74 Å². The quantitative estimate of drug-likeness (QED) is 0.575. The lowest BCUT2D eigenvalue weighted by molar-refractivity contribution is -0.0711. The fourth-order valence-electron chi connectivity index (χ4n) is 2.43. The molecule has 142 valence electrons.